The van der Waals surface area contributed by atoms with Crippen molar-refractivity contribution >= 4 is 15.7 Å². The van der Waals surface area contributed by atoms with Crippen molar-refractivity contribution in [3.8, 4) is 0 Å². The number of hydrogen-bond acceptors (Lipinski definition) is 4. The molecule has 2 aliphatic rings. The van der Waals surface area contributed by atoms with Gasteiger partial charge in [-0.2, -0.15) is 0 Å². The molecule has 0 aromatic rings. The Morgan fingerprint density at radius 1 is 1.40 bits per heavy atom. The van der Waals surface area contributed by atoms with Crippen molar-refractivity contribution in [2.45, 2.75) is 52.2 Å². The van der Waals surface area contributed by atoms with E-state index in [0.29, 0.717) is 18.9 Å². The molecule has 2 fully saturated rings. The summed E-state index contributed by atoms with van der Waals surface area (Å²) in [5, 5.41) is 3.41. The Labute approximate surface area is 122 Å². The molecule has 0 aromatic heterocycles. The van der Waals surface area contributed by atoms with E-state index < -0.39 is 9.84 Å². The van der Waals surface area contributed by atoms with Gasteiger partial charge in [-0.05, 0) is 24.7 Å². The molecule has 1 N–H and O–H groups in total. The average molecular weight is 302 g/mol. The topological polar surface area (TPSA) is 66.5 Å². The fraction of sp³-hybridized carbons (Fsp3) is 0.929. The first-order chi connectivity index (χ1) is 9.38. The minimum absolute atomic E-state index is 0.0600. The van der Waals surface area contributed by atoms with Crippen molar-refractivity contribution in [1.82, 2.24) is 10.2 Å². The molecule has 6 heteroatoms. The molecular weight excluding hydrogens is 276 g/mol. The third-order valence-corrected chi connectivity index (χ3v) is 6.52. The van der Waals surface area contributed by atoms with Crippen LogP contribution in [0.5, 0.6) is 0 Å². The van der Waals surface area contributed by atoms with E-state index in [1.54, 1.807) is 0 Å². The standard InChI is InChI=1S/C14H26N2O3S/c1-4-10(3)13-14(17)16(12(5-2)15-13)8-11-6-7-20(18,19)9-11/h10-13,15H,4-9H2,1-3H3. The lowest BCUT2D eigenvalue weighted by atomic mass is 9.99. The number of rotatable bonds is 5. The van der Waals surface area contributed by atoms with Crippen LogP contribution >= 0.6 is 0 Å². The van der Waals surface area contributed by atoms with E-state index in [9.17, 15) is 13.2 Å². The molecule has 0 aromatic carbocycles. The van der Waals surface area contributed by atoms with E-state index in [2.05, 4.69) is 26.1 Å². The summed E-state index contributed by atoms with van der Waals surface area (Å²) in [6.45, 7) is 6.82. The summed E-state index contributed by atoms with van der Waals surface area (Å²) in [4.78, 5) is 14.4. The Kier molecular flexibility index (Phi) is 4.74. The summed E-state index contributed by atoms with van der Waals surface area (Å²) in [6, 6.07) is -0.108. The first kappa shape index (κ1) is 15.8. The molecule has 2 aliphatic heterocycles. The largest absolute Gasteiger partial charge is 0.325 e. The predicted octanol–water partition coefficient (Wildman–Crippen LogP) is 1.00. The highest BCUT2D eigenvalue weighted by Crippen LogP contribution is 2.25. The number of carbonyl (C=O) groups excluding carboxylic acids is 1. The minimum Gasteiger partial charge on any atom is -0.325 e. The summed E-state index contributed by atoms with van der Waals surface area (Å²) in [6.07, 6.45) is 2.57. The van der Waals surface area contributed by atoms with Crippen molar-refractivity contribution in [3.05, 3.63) is 0 Å². The Balaban J connectivity index is 2.04. The third kappa shape index (κ3) is 3.17. The predicted molar refractivity (Wildman–Crippen MR) is 78.9 cm³/mol. The Bertz CT molecular complexity index is 463. The van der Waals surface area contributed by atoms with Crippen LogP contribution in [0.4, 0.5) is 0 Å². The SMILES string of the molecule is CCC(C)C1NC(CC)N(CC2CCS(=O)(=O)C2)C1=O. The van der Waals surface area contributed by atoms with E-state index in [0.717, 1.165) is 12.8 Å². The molecule has 4 unspecified atom stereocenters. The quantitative estimate of drug-likeness (QED) is 0.823. The van der Waals surface area contributed by atoms with Gasteiger partial charge in [0.05, 0.1) is 23.7 Å². The van der Waals surface area contributed by atoms with Crippen LogP contribution in [0.1, 0.15) is 40.0 Å². The van der Waals surface area contributed by atoms with Crippen LogP contribution in [0.2, 0.25) is 0 Å². The zero-order chi connectivity index (χ0) is 14.9. The van der Waals surface area contributed by atoms with E-state index in [4.69, 9.17) is 0 Å². The zero-order valence-electron chi connectivity index (χ0n) is 12.6. The van der Waals surface area contributed by atoms with E-state index in [1.165, 1.54) is 0 Å². The van der Waals surface area contributed by atoms with Gasteiger partial charge < -0.3 is 4.90 Å². The number of carbonyl (C=O) groups is 1. The fourth-order valence-corrected chi connectivity index (χ4v) is 5.04. The summed E-state index contributed by atoms with van der Waals surface area (Å²) >= 11 is 0. The maximum absolute atomic E-state index is 12.5. The van der Waals surface area contributed by atoms with Gasteiger partial charge in [0, 0.05) is 6.54 Å². The molecule has 0 aliphatic carbocycles. The molecular formula is C14H26N2O3S. The van der Waals surface area contributed by atoms with Crippen molar-refractivity contribution in [3.63, 3.8) is 0 Å². The summed E-state index contributed by atoms with van der Waals surface area (Å²) < 4.78 is 23.1. The maximum Gasteiger partial charge on any atom is 0.241 e. The van der Waals surface area contributed by atoms with Gasteiger partial charge in [-0.25, -0.2) is 8.42 Å². The lowest BCUT2D eigenvalue weighted by molar-refractivity contribution is -0.131. The smallest absolute Gasteiger partial charge is 0.241 e. The van der Waals surface area contributed by atoms with Gasteiger partial charge in [0.15, 0.2) is 9.84 Å². The van der Waals surface area contributed by atoms with E-state index >= 15 is 0 Å². The van der Waals surface area contributed by atoms with E-state index in [-0.39, 0.29) is 35.5 Å². The molecule has 20 heavy (non-hydrogen) atoms. The fourth-order valence-electron chi connectivity index (χ4n) is 3.19. The summed E-state index contributed by atoms with van der Waals surface area (Å²) in [5.74, 6) is 1.08. The Hall–Kier alpha value is -0.620. The van der Waals surface area contributed by atoms with Gasteiger partial charge in [0.2, 0.25) is 5.91 Å². The second kappa shape index (κ2) is 6.02. The lowest BCUT2D eigenvalue weighted by Gasteiger charge is -2.25. The molecule has 0 radical (unpaired) electrons. The van der Waals surface area contributed by atoms with Gasteiger partial charge >= 0.3 is 0 Å². The van der Waals surface area contributed by atoms with E-state index in [1.807, 2.05) is 4.90 Å². The highest BCUT2D eigenvalue weighted by Gasteiger charge is 2.42. The molecule has 116 valence electrons. The molecule has 1 amide bonds. The normalized spacial score (nSPS) is 34.6. The van der Waals surface area contributed by atoms with Crippen LogP contribution in [0.25, 0.3) is 0 Å². The first-order valence-electron chi connectivity index (χ1n) is 7.65. The number of hydrogen-bond donors (Lipinski definition) is 1. The third-order valence-electron chi connectivity index (χ3n) is 4.68. The zero-order valence-corrected chi connectivity index (χ0v) is 13.4. The molecule has 2 heterocycles. The summed E-state index contributed by atoms with van der Waals surface area (Å²) in [7, 11) is -2.87. The minimum atomic E-state index is -2.87. The average Bonchev–Trinajstić information content (AvgIpc) is 2.90. The molecule has 0 saturated carbocycles. The van der Waals surface area contributed by atoms with Gasteiger partial charge in [-0.1, -0.05) is 27.2 Å². The Morgan fingerprint density at radius 3 is 2.60 bits per heavy atom. The van der Waals surface area contributed by atoms with Gasteiger partial charge in [0.1, 0.15) is 0 Å². The molecule has 2 saturated heterocycles. The number of amides is 1. The molecule has 4 atom stereocenters. The molecule has 5 nitrogen and oxygen atoms in total. The van der Waals surface area contributed by atoms with Crippen LogP contribution < -0.4 is 5.32 Å². The molecule has 0 bridgehead atoms. The van der Waals surface area contributed by atoms with Crippen molar-refractivity contribution in [1.29, 1.82) is 0 Å². The monoisotopic (exact) mass is 302 g/mol. The lowest BCUT2D eigenvalue weighted by Crippen LogP contribution is -2.40. The molecule has 0 spiro atoms. The van der Waals surface area contributed by atoms with Crippen LogP contribution in [-0.4, -0.2) is 49.5 Å². The van der Waals surface area contributed by atoms with Gasteiger partial charge in [-0.15, -0.1) is 0 Å². The van der Waals surface area contributed by atoms with Gasteiger partial charge in [-0.3, -0.25) is 10.1 Å². The summed E-state index contributed by atoms with van der Waals surface area (Å²) in [5.41, 5.74) is 0. The van der Waals surface area contributed by atoms with Crippen LogP contribution in [0.3, 0.4) is 0 Å². The second-order valence-corrected chi connectivity index (χ2v) is 8.44. The second-order valence-electron chi connectivity index (χ2n) is 6.21. The maximum atomic E-state index is 12.5. The highest BCUT2D eigenvalue weighted by molar-refractivity contribution is 7.91. The number of sulfone groups is 1. The van der Waals surface area contributed by atoms with Crippen LogP contribution in [0, 0.1) is 11.8 Å². The Morgan fingerprint density at radius 2 is 2.10 bits per heavy atom. The van der Waals surface area contributed by atoms with Crippen LogP contribution in [-0.2, 0) is 14.6 Å². The van der Waals surface area contributed by atoms with Crippen molar-refractivity contribution < 1.29 is 13.2 Å². The van der Waals surface area contributed by atoms with Crippen LogP contribution in [0.15, 0.2) is 0 Å². The van der Waals surface area contributed by atoms with Crippen molar-refractivity contribution in [2.24, 2.45) is 11.8 Å². The first-order valence-corrected chi connectivity index (χ1v) is 9.47. The van der Waals surface area contributed by atoms with Gasteiger partial charge in [0.25, 0.3) is 0 Å². The molecule has 2 rings (SSSR count). The number of nitrogens with one attached hydrogen (secondary N) is 1. The van der Waals surface area contributed by atoms with Crippen molar-refractivity contribution in [2.75, 3.05) is 18.1 Å². The highest BCUT2D eigenvalue weighted by atomic mass is 32.2. The number of nitrogens with zero attached hydrogens (tertiary/aromatic N) is 1.